The van der Waals surface area contributed by atoms with Gasteiger partial charge in [-0.3, -0.25) is 4.79 Å². The van der Waals surface area contributed by atoms with Gasteiger partial charge in [-0.25, -0.2) is 0 Å². The Hall–Kier alpha value is -1.52. The summed E-state index contributed by atoms with van der Waals surface area (Å²) < 4.78 is 5.31. The van der Waals surface area contributed by atoms with Gasteiger partial charge in [-0.2, -0.15) is 0 Å². The number of nitrogens with zero attached hydrogens (tertiary/aromatic N) is 1. The van der Waals surface area contributed by atoms with Crippen molar-refractivity contribution in [2.24, 2.45) is 0 Å². The fourth-order valence-electron chi connectivity index (χ4n) is 2.21. The van der Waals surface area contributed by atoms with Crippen molar-refractivity contribution < 1.29 is 9.53 Å². The van der Waals surface area contributed by atoms with Gasteiger partial charge < -0.3 is 14.6 Å². The number of carbonyl (C=O) groups is 1. The van der Waals surface area contributed by atoms with E-state index in [1.54, 1.807) is 0 Å². The summed E-state index contributed by atoms with van der Waals surface area (Å²) in [5, 5.41) is 1.01. The van der Waals surface area contributed by atoms with Crippen LogP contribution in [0.4, 0.5) is 0 Å². The maximum Gasteiger partial charge on any atom is 0.308 e. The van der Waals surface area contributed by atoms with Gasteiger partial charge in [0, 0.05) is 36.6 Å². The van der Waals surface area contributed by atoms with Crippen LogP contribution in [0.2, 0.25) is 0 Å². The van der Waals surface area contributed by atoms with Gasteiger partial charge in [0.1, 0.15) is 5.75 Å². The smallest absolute Gasteiger partial charge is 0.308 e. The minimum absolute atomic E-state index is 0. The molecule has 0 atom stereocenters. The molecule has 0 saturated carbocycles. The Morgan fingerprint density at radius 3 is 2.71 bits per heavy atom. The maximum atomic E-state index is 11.2. The van der Waals surface area contributed by atoms with Crippen molar-refractivity contribution >= 4 is 29.3 Å². The van der Waals surface area contributed by atoms with Crippen LogP contribution in [0, 0.1) is 0 Å². The second kappa shape index (κ2) is 7.48. The molecule has 5 heteroatoms. The van der Waals surface area contributed by atoms with Gasteiger partial charge in [0.15, 0.2) is 0 Å². The molecule has 0 unspecified atom stereocenters. The van der Waals surface area contributed by atoms with E-state index in [0.29, 0.717) is 11.8 Å². The predicted molar refractivity (Wildman–Crippen MR) is 88.3 cm³/mol. The average Bonchev–Trinajstić information content (AvgIpc) is 2.79. The maximum absolute atomic E-state index is 11.2. The molecule has 0 fully saturated rings. The fourth-order valence-corrected chi connectivity index (χ4v) is 2.21. The number of hydrogen-bond donors (Lipinski definition) is 1. The molecule has 2 rings (SSSR count). The van der Waals surface area contributed by atoms with Crippen LogP contribution in [0.5, 0.6) is 5.75 Å². The summed E-state index contributed by atoms with van der Waals surface area (Å²) in [5.74, 6) is 0.349. The standard InChI is InChI=1S/C16H22N2O2.ClH/c1-11(2)18(4)9-8-13-10-17-14-6-5-7-15(16(13)14)20-12(3)19;/h5-7,10-11,17H,8-9H2,1-4H3;1H. The molecule has 1 aromatic heterocycles. The molecule has 2 aromatic rings. The van der Waals surface area contributed by atoms with Gasteiger partial charge in [-0.05, 0) is 45.0 Å². The molecule has 0 saturated heterocycles. The molecule has 0 bridgehead atoms. The van der Waals surface area contributed by atoms with E-state index in [4.69, 9.17) is 4.74 Å². The lowest BCUT2D eigenvalue weighted by Crippen LogP contribution is -2.28. The Labute approximate surface area is 131 Å². The van der Waals surface area contributed by atoms with Crippen LogP contribution in [0.25, 0.3) is 10.9 Å². The third-order valence-corrected chi connectivity index (χ3v) is 3.62. The van der Waals surface area contributed by atoms with E-state index in [9.17, 15) is 4.79 Å². The third-order valence-electron chi connectivity index (χ3n) is 3.62. The largest absolute Gasteiger partial charge is 0.426 e. The lowest BCUT2D eigenvalue weighted by molar-refractivity contribution is -0.131. The molecular weight excluding hydrogens is 288 g/mol. The summed E-state index contributed by atoms with van der Waals surface area (Å²) in [4.78, 5) is 16.7. The monoisotopic (exact) mass is 310 g/mol. The van der Waals surface area contributed by atoms with Crippen molar-refractivity contribution in [1.82, 2.24) is 9.88 Å². The van der Waals surface area contributed by atoms with Crippen molar-refractivity contribution in [3.8, 4) is 5.75 Å². The second-order valence-corrected chi connectivity index (χ2v) is 5.41. The molecule has 0 aliphatic heterocycles. The Kier molecular flexibility index (Phi) is 6.24. The summed E-state index contributed by atoms with van der Waals surface area (Å²) in [6.45, 7) is 6.76. The number of rotatable bonds is 5. The molecule has 0 aliphatic rings. The number of carbonyl (C=O) groups excluding carboxylic acids is 1. The minimum Gasteiger partial charge on any atom is -0.426 e. The van der Waals surface area contributed by atoms with E-state index in [-0.39, 0.29) is 18.4 Å². The molecule has 0 radical (unpaired) electrons. The molecule has 1 N–H and O–H groups in total. The quantitative estimate of drug-likeness (QED) is 0.680. The zero-order valence-corrected chi connectivity index (χ0v) is 13.8. The van der Waals surface area contributed by atoms with Crippen LogP contribution in [-0.2, 0) is 11.2 Å². The zero-order chi connectivity index (χ0) is 14.7. The van der Waals surface area contributed by atoms with Crippen LogP contribution in [-0.4, -0.2) is 35.5 Å². The van der Waals surface area contributed by atoms with Gasteiger partial charge in [0.05, 0.1) is 0 Å². The summed E-state index contributed by atoms with van der Waals surface area (Å²) in [6, 6.07) is 6.25. The number of hydrogen-bond acceptors (Lipinski definition) is 3. The van der Waals surface area contributed by atoms with Crippen molar-refractivity contribution in [2.45, 2.75) is 33.2 Å². The van der Waals surface area contributed by atoms with E-state index < -0.39 is 0 Å². The van der Waals surface area contributed by atoms with E-state index in [1.165, 1.54) is 12.5 Å². The van der Waals surface area contributed by atoms with Gasteiger partial charge in [0.25, 0.3) is 0 Å². The van der Waals surface area contributed by atoms with E-state index >= 15 is 0 Å². The Balaban J connectivity index is 0.00000220. The van der Waals surface area contributed by atoms with E-state index in [1.807, 2.05) is 24.4 Å². The Bertz CT molecular complexity index is 607. The van der Waals surface area contributed by atoms with Crippen LogP contribution in [0.1, 0.15) is 26.3 Å². The summed E-state index contributed by atoms with van der Waals surface area (Å²) >= 11 is 0. The van der Waals surface area contributed by atoms with Crippen LogP contribution >= 0.6 is 12.4 Å². The van der Waals surface area contributed by atoms with Crippen molar-refractivity contribution in [3.05, 3.63) is 30.0 Å². The first-order valence-corrected chi connectivity index (χ1v) is 6.96. The highest BCUT2D eigenvalue weighted by Crippen LogP contribution is 2.29. The summed E-state index contributed by atoms with van der Waals surface area (Å²) in [5.41, 5.74) is 2.19. The van der Waals surface area contributed by atoms with Crippen molar-refractivity contribution in [2.75, 3.05) is 13.6 Å². The zero-order valence-electron chi connectivity index (χ0n) is 13.0. The first-order valence-electron chi connectivity index (χ1n) is 6.96. The number of aromatic amines is 1. The van der Waals surface area contributed by atoms with E-state index in [2.05, 4.69) is 30.8 Å². The number of H-pyrrole nitrogens is 1. The molecule has 1 heterocycles. The van der Waals surface area contributed by atoms with Gasteiger partial charge in [0.2, 0.25) is 0 Å². The number of aromatic nitrogens is 1. The average molecular weight is 311 g/mol. The number of fused-ring (bicyclic) bond motifs is 1. The highest BCUT2D eigenvalue weighted by atomic mass is 35.5. The first kappa shape index (κ1) is 17.5. The van der Waals surface area contributed by atoms with Gasteiger partial charge in [-0.1, -0.05) is 6.07 Å². The fraction of sp³-hybridized carbons (Fsp3) is 0.438. The molecule has 21 heavy (non-hydrogen) atoms. The molecule has 1 aromatic carbocycles. The lowest BCUT2D eigenvalue weighted by atomic mass is 10.1. The SMILES string of the molecule is CC(=O)Oc1cccc2[nH]cc(CCN(C)C(C)C)c12.Cl. The Morgan fingerprint density at radius 2 is 2.10 bits per heavy atom. The second-order valence-electron chi connectivity index (χ2n) is 5.41. The van der Waals surface area contributed by atoms with Crippen LogP contribution < -0.4 is 4.74 Å². The van der Waals surface area contributed by atoms with Gasteiger partial charge in [-0.15, -0.1) is 12.4 Å². The highest BCUT2D eigenvalue weighted by molar-refractivity contribution is 5.91. The highest BCUT2D eigenvalue weighted by Gasteiger charge is 2.12. The van der Waals surface area contributed by atoms with Gasteiger partial charge >= 0.3 is 5.97 Å². The normalized spacial score (nSPS) is 11.0. The first-order chi connectivity index (χ1) is 9.49. The predicted octanol–water partition coefficient (Wildman–Crippen LogP) is 3.40. The van der Waals surface area contributed by atoms with Crippen LogP contribution in [0.3, 0.4) is 0 Å². The molecule has 4 nitrogen and oxygen atoms in total. The summed E-state index contributed by atoms with van der Waals surface area (Å²) in [7, 11) is 2.12. The molecular formula is C16H23ClN2O2. The minimum atomic E-state index is -0.288. The number of benzene rings is 1. The molecule has 0 amide bonds. The van der Waals surface area contributed by atoms with Crippen LogP contribution in [0.15, 0.2) is 24.4 Å². The molecule has 116 valence electrons. The third kappa shape index (κ3) is 4.22. The topological polar surface area (TPSA) is 45.3 Å². The van der Waals surface area contributed by atoms with E-state index in [0.717, 1.165) is 23.9 Å². The molecule has 0 aliphatic carbocycles. The number of nitrogens with one attached hydrogen (secondary N) is 1. The summed E-state index contributed by atoms with van der Waals surface area (Å²) in [6.07, 6.45) is 2.93. The van der Waals surface area contributed by atoms with Crippen molar-refractivity contribution in [3.63, 3.8) is 0 Å². The number of likely N-dealkylation sites (N-methyl/N-ethyl adjacent to an activating group) is 1. The number of halogens is 1. The lowest BCUT2D eigenvalue weighted by Gasteiger charge is -2.20. The number of esters is 1. The molecule has 0 spiro atoms. The number of ether oxygens (including phenoxy) is 1. The Morgan fingerprint density at radius 1 is 1.38 bits per heavy atom. The van der Waals surface area contributed by atoms with Crippen molar-refractivity contribution in [1.29, 1.82) is 0 Å².